The van der Waals surface area contributed by atoms with Crippen LogP contribution in [0.2, 0.25) is 0 Å². The Morgan fingerprint density at radius 1 is 0.475 bits per heavy atom. The Balaban J connectivity index is 2.05. The molecule has 42 nitrogen and oxygen atoms in total. The minimum Gasteiger partial charge on any atom is -0.508 e. The van der Waals surface area contributed by atoms with Crippen molar-refractivity contribution < 1.29 is 92.3 Å². The number of carbonyl (C=O) groups excluding carboxylic acids is 13. The summed E-state index contributed by atoms with van der Waals surface area (Å²) in [4.78, 5) is 219. The average Bonchev–Trinajstić information content (AvgIpc) is 1.62. The van der Waals surface area contributed by atoms with Crippen LogP contribution in [-0.4, -0.2) is 237 Å². The molecule has 0 saturated heterocycles. The van der Waals surface area contributed by atoms with Crippen molar-refractivity contribution in [3.8, 4) is 5.75 Å². The number of aliphatic imine (C=N–C) groups is 2. The van der Waals surface area contributed by atoms with Crippen LogP contribution >= 0.6 is 0 Å². The number of carboxylic acids is 2. The molecule has 118 heavy (non-hydrogen) atoms. The number of rotatable bonds is 56. The number of nitrogens with one attached hydrogen (secondary N) is 13. The zero-order valence-corrected chi connectivity index (χ0v) is 67.9. The highest BCUT2D eigenvalue weighted by molar-refractivity contribution is 6.01. The number of hydrogen-bond acceptors (Lipinski definition) is 22. The van der Waals surface area contributed by atoms with E-state index in [1.165, 1.54) is 31.2 Å². The Labute approximate surface area is 684 Å². The zero-order chi connectivity index (χ0) is 88.5. The van der Waals surface area contributed by atoms with E-state index in [0.717, 1.165) is 0 Å². The monoisotopic (exact) mass is 1660 g/mol. The van der Waals surface area contributed by atoms with Crippen LogP contribution in [0.4, 0.5) is 0 Å². The van der Waals surface area contributed by atoms with Gasteiger partial charge >= 0.3 is 11.9 Å². The molecule has 0 fully saturated rings. The normalized spacial score (nSPS) is 14.8. The lowest BCUT2D eigenvalue weighted by molar-refractivity contribution is -0.143. The van der Waals surface area contributed by atoms with Gasteiger partial charge in [-0.25, -0.2) is 4.79 Å². The molecule has 3 rings (SSSR count). The van der Waals surface area contributed by atoms with E-state index in [-0.39, 0.29) is 127 Å². The summed E-state index contributed by atoms with van der Waals surface area (Å²) in [5, 5.41) is 71.4. The molecule has 1 heterocycles. The molecule has 0 aliphatic heterocycles. The van der Waals surface area contributed by atoms with Crippen LogP contribution in [0.15, 0.2) is 64.7 Å². The molecule has 0 bridgehead atoms. The van der Waals surface area contributed by atoms with Crippen molar-refractivity contribution >= 4 is 112 Å². The van der Waals surface area contributed by atoms with Crippen molar-refractivity contribution in [1.29, 1.82) is 0 Å². The number of aliphatic hydroxyl groups excluding tert-OH is 1. The maximum Gasteiger partial charge on any atom is 0.326 e. The van der Waals surface area contributed by atoms with Crippen LogP contribution in [0.25, 0.3) is 10.9 Å². The first-order valence-corrected chi connectivity index (χ1v) is 39.3. The number of unbranched alkanes of at least 4 members (excludes halogenated alkanes) is 2. The summed E-state index contributed by atoms with van der Waals surface area (Å²) < 4.78 is 0. The fourth-order valence-corrected chi connectivity index (χ4v) is 12.2. The smallest absolute Gasteiger partial charge is 0.326 e. The van der Waals surface area contributed by atoms with Crippen LogP contribution < -0.4 is 110 Å². The van der Waals surface area contributed by atoms with Gasteiger partial charge in [-0.2, -0.15) is 0 Å². The fraction of sp³-hybridized carbons (Fsp3) is 0.592. The number of nitrogens with zero attached hydrogens (tertiary/aromatic N) is 2. The van der Waals surface area contributed by atoms with E-state index in [4.69, 9.17) is 45.9 Å². The largest absolute Gasteiger partial charge is 0.508 e. The Morgan fingerprint density at radius 2 is 0.907 bits per heavy atom. The van der Waals surface area contributed by atoms with E-state index in [1.807, 2.05) is 0 Å². The predicted molar refractivity (Wildman–Crippen MR) is 435 cm³/mol. The third-order valence-electron chi connectivity index (χ3n) is 19.0. The van der Waals surface area contributed by atoms with Crippen LogP contribution in [-0.2, 0) is 84.8 Å². The summed E-state index contributed by atoms with van der Waals surface area (Å²) in [7, 11) is 0. The quantitative estimate of drug-likeness (QED) is 0.0143. The average molecular weight is 1660 g/mol. The number of hydrogen-bond donors (Lipinski definition) is 25. The molecule has 656 valence electrons. The maximum absolute atomic E-state index is 15.1. The van der Waals surface area contributed by atoms with Gasteiger partial charge < -0.3 is 135 Å². The number of phenols is 1. The molecule has 13 amide bonds. The number of primary amides is 1. The van der Waals surface area contributed by atoms with E-state index in [0.29, 0.717) is 41.3 Å². The van der Waals surface area contributed by atoms with Crippen molar-refractivity contribution in [3.63, 3.8) is 0 Å². The highest BCUT2D eigenvalue weighted by Gasteiger charge is 2.39. The van der Waals surface area contributed by atoms with Crippen molar-refractivity contribution in [1.82, 2.24) is 68.8 Å². The lowest BCUT2D eigenvalue weighted by atomic mass is 9.96. The minimum atomic E-state index is -1.98. The Hall–Kier alpha value is -11.8. The van der Waals surface area contributed by atoms with Gasteiger partial charge in [0.25, 0.3) is 0 Å². The van der Waals surface area contributed by atoms with E-state index >= 15 is 9.59 Å². The molecule has 33 N–H and O–H groups in total. The van der Waals surface area contributed by atoms with Gasteiger partial charge in [-0.1, -0.05) is 78.3 Å². The molecular weight excluding hydrogens is 1540 g/mol. The molecule has 0 saturated carbocycles. The molecule has 0 unspecified atom stereocenters. The Kier molecular flexibility index (Phi) is 44.3. The number of benzene rings is 2. The van der Waals surface area contributed by atoms with Gasteiger partial charge in [-0.05, 0) is 144 Å². The number of amides is 13. The van der Waals surface area contributed by atoms with Gasteiger partial charge in [-0.15, -0.1) is 0 Å². The fourth-order valence-electron chi connectivity index (χ4n) is 12.2. The SMILES string of the molecule is CC[C@H](C)[C@H](NC(=O)[C@H](CCCN=C(N)N)NC(=O)[C@H](CC(C)C)NC(=O)[C@H](Cc1ccc(O)cc1)NC(=O)[C@H](Cc1c[nH]c2ccccc12)NC(=O)[C@H](CCC(N)=O)NC(=O)[C@@H](N)[C@@H](C)O)C(=O)N[C@@H](CC(=O)O)C(=O)N[C@@H](CCCCN)C(=O)N[C@@H](CCCN=C(N)N)C(=O)NCC(=O)N[C@@H](CCCCN)C(=O)N[C@H](C(=O)O)C(C)C. The molecular formula is C76H123N23O19. The standard InChI is InChI=1S/C76H123N23O19/c1-8-41(6)62(73(116)97-56(36-59(104)105)71(114)91-50(20-12-14-30-78)64(107)90-48(21-15-31-85-75(81)82)63(106)88-38-58(103)89-49(19-11-13-29-77)66(109)98-61(40(4)5)74(117)118)99-67(110)51(22-16-32-86-76(83)84)92-68(111)53(33-39(2)3)94-69(112)54(34-43-23-25-45(101)26-24-43)95-70(113)55(35-44-37-87-47-18-10-9-17-46(44)47)96-65(108)52(27-28-57(79)102)93-72(115)60(80)42(7)100/h9-10,17-18,23-26,37,39-42,48-56,60-62,87,100-101H,8,11-16,19-22,27-36,38,77-78,80H2,1-7H3,(H2,79,102)(H,88,106)(H,89,103)(H,90,107)(H,91,114)(H,92,111)(H,93,115)(H,94,112)(H,95,113)(H,96,108)(H,97,116)(H,98,109)(H,99,110)(H,104,105)(H,117,118)(H4,81,82,85)(H4,83,84,86)/t41-,42+,48-,49-,50-,51-,52-,53-,54-,55-,56-,60-,61-,62-/m0/s1. The number of fused-ring (bicyclic) bond motifs is 1. The summed E-state index contributed by atoms with van der Waals surface area (Å²) in [6.07, 6.45) is -1.44. The third-order valence-corrected chi connectivity index (χ3v) is 19.0. The summed E-state index contributed by atoms with van der Waals surface area (Å²) in [5.74, 6) is -18.1. The lowest BCUT2D eigenvalue weighted by Gasteiger charge is -2.30. The van der Waals surface area contributed by atoms with Crippen LogP contribution in [0.5, 0.6) is 5.75 Å². The number of aromatic hydroxyl groups is 1. The Bertz CT molecular complexity index is 3910. The molecule has 0 aliphatic carbocycles. The van der Waals surface area contributed by atoms with E-state index in [2.05, 4.69) is 78.8 Å². The first-order valence-electron chi connectivity index (χ1n) is 39.3. The van der Waals surface area contributed by atoms with E-state index in [9.17, 15) is 82.8 Å². The number of guanidine groups is 2. The lowest BCUT2D eigenvalue weighted by Crippen LogP contribution is -2.62. The van der Waals surface area contributed by atoms with E-state index < -0.39 is 199 Å². The number of nitrogens with two attached hydrogens (primary N) is 8. The van der Waals surface area contributed by atoms with Crippen molar-refractivity contribution in [3.05, 3.63) is 65.9 Å². The number of aromatic nitrogens is 1. The molecule has 0 spiro atoms. The summed E-state index contributed by atoms with van der Waals surface area (Å²) in [6, 6.07) is -5.98. The number of carboxylic acid groups (broad SMARTS) is 2. The first kappa shape index (κ1) is 100. The molecule has 0 radical (unpaired) electrons. The van der Waals surface area contributed by atoms with Crippen molar-refractivity contribution in [2.75, 3.05) is 32.7 Å². The number of aromatic amines is 1. The molecule has 2 aromatic carbocycles. The second-order valence-electron chi connectivity index (χ2n) is 29.7. The van der Waals surface area contributed by atoms with Gasteiger partial charge in [0.15, 0.2) is 11.9 Å². The van der Waals surface area contributed by atoms with Gasteiger partial charge in [0, 0.05) is 49.5 Å². The number of H-pyrrole nitrogens is 1. The summed E-state index contributed by atoms with van der Waals surface area (Å²) in [6.45, 7) is 10.5. The second-order valence-corrected chi connectivity index (χ2v) is 29.7. The molecule has 3 aromatic rings. The number of carbonyl (C=O) groups is 15. The van der Waals surface area contributed by atoms with Crippen molar-refractivity contribution in [2.45, 2.75) is 236 Å². The topological polar surface area (TPSA) is 730 Å². The van der Waals surface area contributed by atoms with E-state index in [1.54, 1.807) is 72.0 Å². The molecule has 14 atom stereocenters. The summed E-state index contributed by atoms with van der Waals surface area (Å²) in [5.41, 5.74) is 46.6. The van der Waals surface area contributed by atoms with Gasteiger partial charge in [0.05, 0.1) is 19.1 Å². The minimum absolute atomic E-state index is 0.000447. The highest BCUT2D eigenvalue weighted by Crippen LogP contribution is 2.21. The van der Waals surface area contributed by atoms with Gasteiger partial charge in [0.1, 0.15) is 78.3 Å². The van der Waals surface area contributed by atoms with Gasteiger partial charge in [0.2, 0.25) is 76.8 Å². The highest BCUT2D eigenvalue weighted by atomic mass is 16.4. The zero-order valence-electron chi connectivity index (χ0n) is 67.9. The predicted octanol–water partition coefficient (Wildman–Crippen LogP) is -5.25. The number of aliphatic hydroxyl groups is 1. The van der Waals surface area contributed by atoms with Crippen LogP contribution in [0, 0.1) is 17.8 Å². The molecule has 42 heteroatoms. The third kappa shape index (κ3) is 36.6. The number of aliphatic carboxylic acids is 2. The van der Waals surface area contributed by atoms with Crippen molar-refractivity contribution in [2.24, 2.45) is 73.6 Å². The molecule has 1 aromatic heterocycles. The number of phenolic OH excluding ortho intramolecular Hbond substituents is 1. The van der Waals surface area contributed by atoms with Crippen LogP contribution in [0.1, 0.15) is 156 Å². The summed E-state index contributed by atoms with van der Waals surface area (Å²) >= 11 is 0. The Morgan fingerprint density at radius 3 is 1.39 bits per heavy atom. The molecule has 0 aliphatic rings. The maximum atomic E-state index is 15.1. The number of para-hydroxylation sites is 1. The first-order chi connectivity index (χ1) is 55.7. The van der Waals surface area contributed by atoms with Crippen LogP contribution in [0.3, 0.4) is 0 Å². The second kappa shape index (κ2) is 52.0. The van der Waals surface area contributed by atoms with Gasteiger partial charge in [-0.3, -0.25) is 77.1 Å².